The Bertz CT molecular complexity index is 983. The summed E-state index contributed by atoms with van der Waals surface area (Å²) in [4.78, 5) is 2.60. The summed E-state index contributed by atoms with van der Waals surface area (Å²) >= 11 is 0. The monoisotopic (exact) mass is 441 g/mol. The summed E-state index contributed by atoms with van der Waals surface area (Å²) in [6, 6.07) is 4.82. The van der Waals surface area contributed by atoms with Gasteiger partial charge < -0.3 is 24.2 Å². The number of piperidine rings is 1. The first kappa shape index (κ1) is 21.2. The van der Waals surface area contributed by atoms with E-state index >= 15 is 0 Å². The topological polar surface area (TPSA) is 51.2 Å². The lowest BCUT2D eigenvalue weighted by Gasteiger charge is -2.75. The van der Waals surface area contributed by atoms with Crippen LogP contribution in [0.5, 0.6) is 11.5 Å². The SMILES string of the molecule is COc1ccc2c3c1OC1C34CCN(C)C(C2)[C@]42CC[C@@]1(OC)[C@@H]([C@](C)(O)C(C)(C)C)C2. The molecule has 5 nitrogen and oxygen atoms in total. The zero-order chi connectivity index (χ0) is 22.9. The summed E-state index contributed by atoms with van der Waals surface area (Å²) in [5.41, 5.74) is 1.17. The fourth-order valence-electron chi connectivity index (χ4n) is 9.01. The van der Waals surface area contributed by atoms with Gasteiger partial charge in [-0.2, -0.15) is 0 Å². The summed E-state index contributed by atoms with van der Waals surface area (Å²) in [6.07, 6.45) is 5.07. The van der Waals surface area contributed by atoms with Gasteiger partial charge >= 0.3 is 0 Å². The average Bonchev–Trinajstić information content (AvgIpc) is 3.12. The molecule has 2 heterocycles. The summed E-state index contributed by atoms with van der Waals surface area (Å²) in [6.45, 7) is 9.59. The van der Waals surface area contributed by atoms with Gasteiger partial charge in [-0.25, -0.2) is 0 Å². The molecular weight excluding hydrogens is 402 g/mol. The molecule has 0 radical (unpaired) electrons. The average molecular weight is 442 g/mol. The van der Waals surface area contributed by atoms with Crippen LogP contribution < -0.4 is 9.47 Å². The number of nitrogens with zero attached hydrogens (tertiary/aromatic N) is 1. The van der Waals surface area contributed by atoms with Crippen molar-refractivity contribution < 1.29 is 19.3 Å². The third-order valence-electron chi connectivity index (χ3n) is 11.0. The highest BCUT2D eigenvalue weighted by Crippen LogP contribution is 2.77. The Morgan fingerprint density at radius 1 is 1.12 bits per heavy atom. The van der Waals surface area contributed by atoms with Crippen LogP contribution in [0.3, 0.4) is 0 Å². The number of hydrogen-bond acceptors (Lipinski definition) is 5. The Morgan fingerprint density at radius 3 is 2.53 bits per heavy atom. The van der Waals surface area contributed by atoms with E-state index in [1.807, 2.05) is 14.0 Å². The third kappa shape index (κ3) is 2.01. The highest BCUT2D eigenvalue weighted by molar-refractivity contribution is 5.63. The van der Waals surface area contributed by atoms with E-state index < -0.39 is 11.2 Å². The normalized spacial score (nSPS) is 43.4. The molecule has 1 saturated heterocycles. The van der Waals surface area contributed by atoms with Crippen LogP contribution in [0.4, 0.5) is 0 Å². The van der Waals surface area contributed by atoms with Crippen molar-refractivity contribution in [2.45, 2.75) is 88.6 Å². The molecule has 1 aromatic rings. The van der Waals surface area contributed by atoms with Gasteiger partial charge in [-0.3, -0.25) is 0 Å². The second-order valence-electron chi connectivity index (χ2n) is 12.5. The number of fused-ring (bicyclic) bond motifs is 2. The molecule has 32 heavy (non-hydrogen) atoms. The first-order valence-corrected chi connectivity index (χ1v) is 12.3. The van der Waals surface area contributed by atoms with Gasteiger partial charge in [0.05, 0.1) is 12.7 Å². The molecule has 4 bridgehead atoms. The van der Waals surface area contributed by atoms with E-state index in [4.69, 9.17) is 14.2 Å². The zero-order valence-electron chi connectivity index (χ0n) is 20.7. The molecule has 3 saturated carbocycles. The van der Waals surface area contributed by atoms with Crippen LogP contribution in [0.25, 0.3) is 0 Å². The predicted molar refractivity (Wildman–Crippen MR) is 123 cm³/mol. The highest BCUT2D eigenvalue weighted by Gasteiger charge is 2.82. The van der Waals surface area contributed by atoms with Gasteiger partial charge in [-0.15, -0.1) is 0 Å². The van der Waals surface area contributed by atoms with E-state index in [9.17, 15) is 5.11 Å². The van der Waals surface area contributed by atoms with Crippen LogP contribution in [0.1, 0.15) is 64.5 Å². The van der Waals surface area contributed by atoms with Gasteiger partial charge in [-0.1, -0.05) is 26.8 Å². The number of ether oxygens (including phenoxy) is 3. The molecule has 1 N–H and O–H groups in total. The van der Waals surface area contributed by atoms with Crippen LogP contribution in [0, 0.1) is 16.7 Å². The molecule has 0 aromatic heterocycles. The van der Waals surface area contributed by atoms with Crippen molar-refractivity contribution in [3.8, 4) is 11.5 Å². The molecule has 6 aliphatic rings. The molecule has 2 spiro atoms. The predicted octanol–water partition coefficient (Wildman–Crippen LogP) is 3.94. The van der Waals surface area contributed by atoms with Crippen molar-refractivity contribution in [2.24, 2.45) is 16.7 Å². The second-order valence-corrected chi connectivity index (χ2v) is 12.5. The van der Waals surface area contributed by atoms with Gasteiger partial charge in [0.2, 0.25) is 0 Å². The van der Waals surface area contributed by atoms with E-state index in [1.165, 1.54) is 11.1 Å². The summed E-state index contributed by atoms with van der Waals surface area (Å²) in [5.74, 6) is 1.79. The van der Waals surface area contributed by atoms with Crippen molar-refractivity contribution in [3.63, 3.8) is 0 Å². The number of aliphatic hydroxyl groups is 1. The lowest BCUT2D eigenvalue weighted by atomic mass is 9.33. The first-order valence-electron chi connectivity index (χ1n) is 12.3. The minimum Gasteiger partial charge on any atom is -0.493 e. The smallest absolute Gasteiger partial charge is 0.165 e. The highest BCUT2D eigenvalue weighted by atomic mass is 16.6. The van der Waals surface area contributed by atoms with Crippen LogP contribution in [-0.4, -0.2) is 61.2 Å². The maximum absolute atomic E-state index is 12.1. The Kier molecular flexibility index (Phi) is 4.00. The fourth-order valence-corrected chi connectivity index (χ4v) is 9.01. The Hall–Kier alpha value is -1.30. The summed E-state index contributed by atoms with van der Waals surface area (Å²) in [7, 11) is 5.89. The summed E-state index contributed by atoms with van der Waals surface area (Å²) in [5, 5.41) is 12.1. The number of likely N-dealkylation sites (N-methyl/N-ethyl adjacent to an activating group) is 1. The van der Waals surface area contributed by atoms with E-state index in [1.54, 1.807) is 7.11 Å². The van der Waals surface area contributed by atoms with Crippen molar-refractivity contribution in [1.29, 1.82) is 0 Å². The maximum Gasteiger partial charge on any atom is 0.165 e. The fraction of sp³-hybridized carbons (Fsp3) is 0.778. The molecule has 2 aliphatic heterocycles. The van der Waals surface area contributed by atoms with E-state index in [0.717, 1.165) is 50.1 Å². The lowest BCUT2D eigenvalue weighted by Crippen LogP contribution is -2.83. The molecule has 7 atom stereocenters. The van der Waals surface area contributed by atoms with E-state index in [2.05, 4.69) is 44.9 Å². The van der Waals surface area contributed by atoms with Crippen molar-refractivity contribution in [1.82, 2.24) is 4.90 Å². The third-order valence-corrected chi connectivity index (χ3v) is 11.0. The molecule has 176 valence electrons. The van der Waals surface area contributed by atoms with Crippen molar-refractivity contribution in [2.75, 3.05) is 27.8 Å². The maximum atomic E-state index is 12.1. The zero-order valence-corrected chi connectivity index (χ0v) is 20.7. The van der Waals surface area contributed by atoms with Gasteiger partial charge in [0.25, 0.3) is 0 Å². The van der Waals surface area contributed by atoms with E-state index in [-0.39, 0.29) is 28.3 Å². The Balaban J connectivity index is 1.65. The van der Waals surface area contributed by atoms with Crippen molar-refractivity contribution >= 4 is 0 Å². The molecular formula is C27H39NO4. The van der Waals surface area contributed by atoms with Gasteiger partial charge in [0.1, 0.15) is 11.7 Å². The Labute approximate surface area is 192 Å². The van der Waals surface area contributed by atoms with Crippen LogP contribution in [0.2, 0.25) is 0 Å². The standard InChI is InChI=1S/C27H39NO4/c1-23(2,3)24(4,29)18-15-25-10-11-27(18,31-7)22-26(25)12-13-28(5)19(25)14-16-8-9-17(30-6)21(32-22)20(16)26/h8-9,18-19,22,29H,10-15H2,1-7H3/t18-,19?,22?,24+,25-,26?,27-/m1/s1. The van der Waals surface area contributed by atoms with Crippen LogP contribution in [0.15, 0.2) is 12.1 Å². The number of benzene rings is 1. The van der Waals surface area contributed by atoms with Crippen LogP contribution in [-0.2, 0) is 16.6 Å². The molecule has 4 fully saturated rings. The molecule has 5 heteroatoms. The minimum absolute atomic E-state index is 0.00253. The molecule has 0 amide bonds. The second kappa shape index (κ2) is 6.03. The Morgan fingerprint density at radius 2 is 1.88 bits per heavy atom. The number of hydrogen-bond donors (Lipinski definition) is 1. The lowest BCUT2D eigenvalue weighted by molar-refractivity contribution is -0.311. The van der Waals surface area contributed by atoms with E-state index in [0.29, 0.717) is 6.04 Å². The molecule has 1 aromatic carbocycles. The van der Waals surface area contributed by atoms with Gasteiger partial charge in [-0.05, 0) is 69.7 Å². The minimum atomic E-state index is -0.882. The van der Waals surface area contributed by atoms with Gasteiger partial charge in [0.15, 0.2) is 11.5 Å². The quantitative estimate of drug-likeness (QED) is 0.770. The largest absolute Gasteiger partial charge is 0.493 e. The molecule has 7 rings (SSSR count). The molecule has 3 unspecified atom stereocenters. The number of methoxy groups -OCH3 is 2. The van der Waals surface area contributed by atoms with Gasteiger partial charge in [0, 0.05) is 35.5 Å². The number of likely N-dealkylation sites (tertiary alicyclic amines) is 1. The van der Waals surface area contributed by atoms with Crippen molar-refractivity contribution in [3.05, 3.63) is 23.3 Å². The van der Waals surface area contributed by atoms with Crippen LogP contribution >= 0.6 is 0 Å². The number of rotatable bonds is 3. The summed E-state index contributed by atoms with van der Waals surface area (Å²) < 4.78 is 19.4. The molecule has 4 aliphatic carbocycles. The first-order chi connectivity index (χ1) is 15.0.